The van der Waals surface area contributed by atoms with Crippen LogP contribution in [-0.2, 0) is 0 Å². The Morgan fingerprint density at radius 2 is 1.54 bits per heavy atom. The first-order valence-electron chi connectivity index (χ1n) is 7.79. The molecule has 0 aliphatic rings. The van der Waals surface area contributed by atoms with E-state index in [0.29, 0.717) is 17.0 Å². The average Bonchev–Trinajstić information content (AvgIpc) is 2.63. The van der Waals surface area contributed by atoms with Gasteiger partial charge in [-0.25, -0.2) is 0 Å². The molecule has 0 heterocycles. The van der Waals surface area contributed by atoms with Crippen molar-refractivity contribution in [3.8, 4) is 16.9 Å². The van der Waals surface area contributed by atoms with Crippen LogP contribution >= 0.6 is 0 Å². The van der Waals surface area contributed by atoms with Crippen LogP contribution in [0.4, 0.5) is 5.69 Å². The molecule has 0 aromatic heterocycles. The minimum absolute atomic E-state index is 0.154. The first kappa shape index (κ1) is 15.8. The zero-order valence-corrected chi connectivity index (χ0v) is 13.7. The lowest BCUT2D eigenvalue weighted by molar-refractivity contribution is 0.102. The maximum atomic E-state index is 12.5. The van der Waals surface area contributed by atoms with Crippen molar-refractivity contribution in [1.29, 1.82) is 0 Å². The van der Waals surface area contributed by atoms with Crippen LogP contribution in [0.5, 0.6) is 5.75 Å². The van der Waals surface area contributed by atoms with Gasteiger partial charge in [0.1, 0.15) is 5.75 Å². The number of aryl methyl sites for hydroxylation is 1. The quantitative estimate of drug-likeness (QED) is 0.741. The highest BCUT2D eigenvalue weighted by molar-refractivity contribution is 6.05. The second kappa shape index (κ2) is 7.01. The number of hydrogen-bond acceptors (Lipinski definition) is 2. The summed E-state index contributed by atoms with van der Waals surface area (Å²) in [6, 6.07) is 23.4. The van der Waals surface area contributed by atoms with Gasteiger partial charge in [-0.3, -0.25) is 4.79 Å². The largest absolute Gasteiger partial charge is 0.495 e. The smallest absolute Gasteiger partial charge is 0.255 e. The summed E-state index contributed by atoms with van der Waals surface area (Å²) in [5, 5.41) is 2.91. The van der Waals surface area contributed by atoms with Crippen molar-refractivity contribution in [2.75, 3.05) is 12.4 Å². The number of anilines is 1. The number of carbonyl (C=O) groups is 1. The second-order valence-corrected chi connectivity index (χ2v) is 5.60. The molecule has 3 nitrogen and oxygen atoms in total. The maximum Gasteiger partial charge on any atom is 0.255 e. The van der Waals surface area contributed by atoms with E-state index in [0.717, 1.165) is 16.7 Å². The molecule has 0 fully saturated rings. The molecule has 0 unspecified atom stereocenters. The lowest BCUT2D eigenvalue weighted by Gasteiger charge is -2.11. The summed E-state index contributed by atoms with van der Waals surface area (Å²) in [6.07, 6.45) is 0. The molecular weight excluding hydrogens is 298 g/mol. The molecule has 3 heteroatoms. The van der Waals surface area contributed by atoms with Crippen molar-refractivity contribution in [3.05, 3.63) is 83.9 Å². The number of nitrogens with one attached hydrogen (secondary N) is 1. The van der Waals surface area contributed by atoms with Crippen molar-refractivity contribution in [2.24, 2.45) is 0 Å². The SMILES string of the molecule is COc1ccc(C)cc1NC(=O)c1ccc(-c2ccccc2)cc1. The summed E-state index contributed by atoms with van der Waals surface area (Å²) in [4.78, 5) is 12.5. The van der Waals surface area contributed by atoms with E-state index in [1.54, 1.807) is 7.11 Å². The molecule has 1 N–H and O–H groups in total. The molecule has 3 aromatic rings. The van der Waals surface area contributed by atoms with Crippen molar-refractivity contribution in [2.45, 2.75) is 6.92 Å². The molecule has 0 saturated heterocycles. The molecule has 0 radical (unpaired) electrons. The van der Waals surface area contributed by atoms with Gasteiger partial charge < -0.3 is 10.1 Å². The Morgan fingerprint density at radius 3 is 2.21 bits per heavy atom. The number of methoxy groups -OCH3 is 1. The van der Waals surface area contributed by atoms with Crippen LogP contribution in [0.15, 0.2) is 72.8 Å². The zero-order valence-electron chi connectivity index (χ0n) is 13.7. The molecule has 0 atom stereocenters. The molecule has 0 aliphatic heterocycles. The van der Waals surface area contributed by atoms with E-state index in [9.17, 15) is 4.79 Å². The summed E-state index contributed by atoms with van der Waals surface area (Å²) < 4.78 is 5.30. The van der Waals surface area contributed by atoms with Crippen molar-refractivity contribution in [3.63, 3.8) is 0 Å². The topological polar surface area (TPSA) is 38.3 Å². The number of rotatable bonds is 4. The van der Waals surface area contributed by atoms with Crippen LogP contribution in [0, 0.1) is 6.92 Å². The van der Waals surface area contributed by atoms with Crippen molar-refractivity contribution >= 4 is 11.6 Å². The summed E-state index contributed by atoms with van der Waals surface area (Å²) in [7, 11) is 1.59. The monoisotopic (exact) mass is 317 g/mol. The molecule has 0 bridgehead atoms. The number of benzene rings is 3. The van der Waals surface area contributed by atoms with E-state index in [1.807, 2.05) is 79.7 Å². The predicted octanol–water partition coefficient (Wildman–Crippen LogP) is 4.92. The molecule has 0 aliphatic carbocycles. The van der Waals surface area contributed by atoms with E-state index >= 15 is 0 Å². The van der Waals surface area contributed by atoms with Crippen LogP contribution in [-0.4, -0.2) is 13.0 Å². The van der Waals surface area contributed by atoms with Crippen molar-refractivity contribution < 1.29 is 9.53 Å². The zero-order chi connectivity index (χ0) is 16.9. The summed E-state index contributed by atoms with van der Waals surface area (Å²) in [5.74, 6) is 0.494. The highest BCUT2D eigenvalue weighted by Gasteiger charge is 2.10. The van der Waals surface area contributed by atoms with Gasteiger partial charge in [0.2, 0.25) is 0 Å². The maximum absolute atomic E-state index is 12.5. The summed E-state index contributed by atoms with van der Waals surface area (Å²) in [6.45, 7) is 1.98. The minimum atomic E-state index is -0.154. The third-order valence-corrected chi connectivity index (χ3v) is 3.86. The fraction of sp³-hybridized carbons (Fsp3) is 0.0952. The third kappa shape index (κ3) is 3.46. The van der Waals surface area contributed by atoms with Gasteiger partial charge in [-0.1, -0.05) is 48.5 Å². The van der Waals surface area contributed by atoms with Crippen LogP contribution in [0.1, 0.15) is 15.9 Å². The summed E-state index contributed by atoms with van der Waals surface area (Å²) >= 11 is 0. The first-order valence-corrected chi connectivity index (χ1v) is 7.79. The van der Waals surface area contributed by atoms with Crippen LogP contribution in [0.3, 0.4) is 0 Å². The second-order valence-electron chi connectivity index (χ2n) is 5.60. The Bertz CT molecular complexity index is 839. The fourth-order valence-corrected chi connectivity index (χ4v) is 2.56. The Balaban J connectivity index is 1.80. The van der Waals surface area contributed by atoms with Gasteiger partial charge in [-0.15, -0.1) is 0 Å². The highest BCUT2D eigenvalue weighted by atomic mass is 16.5. The average molecular weight is 317 g/mol. The normalized spacial score (nSPS) is 10.2. The van der Waals surface area contributed by atoms with E-state index in [-0.39, 0.29) is 5.91 Å². The molecule has 120 valence electrons. The van der Waals surface area contributed by atoms with Gasteiger partial charge in [0.15, 0.2) is 0 Å². The number of ether oxygens (including phenoxy) is 1. The molecule has 24 heavy (non-hydrogen) atoms. The third-order valence-electron chi connectivity index (χ3n) is 3.86. The van der Waals surface area contributed by atoms with Gasteiger partial charge in [0.25, 0.3) is 5.91 Å². The van der Waals surface area contributed by atoms with Crippen LogP contribution < -0.4 is 10.1 Å². The lowest BCUT2D eigenvalue weighted by Crippen LogP contribution is -2.12. The van der Waals surface area contributed by atoms with E-state index < -0.39 is 0 Å². The van der Waals surface area contributed by atoms with E-state index in [4.69, 9.17) is 4.74 Å². The minimum Gasteiger partial charge on any atom is -0.495 e. The Kier molecular flexibility index (Phi) is 4.62. The van der Waals surface area contributed by atoms with Crippen LogP contribution in [0.2, 0.25) is 0 Å². The molecule has 1 amide bonds. The van der Waals surface area contributed by atoms with E-state index in [2.05, 4.69) is 5.32 Å². The van der Waals surface area contributed by atoms with E-state index in [1.165, 1.54) is 0 Å². The number of hydrogen-bond donors (Lipinski definition) is 1. The standard InChI is InChI=1S/C21H19NO2/c1-15-8-13-20(24-2)19(14-15)22-21(23)18-11-9-17(10-12-18)16-6-4-3-5-7-16/h3-14H,1-2H3,(H,22,23). The predicted molar refractivity (Wildman–Crippen MR) is 97.6 cm³/mol. The molecule has 3 rings (SSSR count). The Morgan fingerprint density at radius 1 is 0.875 bits per heavy atom. The number of carbonyl (C=O) groups excluding carboxylic acids is 1. The molecule has 0 saturated carbocycles. The fourth-order valence-electron chi connectivity index (χ4n) is 2.56. The summed E-state index contributed by atoms with van der Waals surface area (Å²) in [5.41, 5.74) is 4.56. The number of amides is 1. The Hall–Kier alpha value is -3.07. The lowest BCUT2D eigenvalue weighted by atomic mass is 10.0. The molecular formula is C21H19NO2. The van der Waals surface area contributed by atoms with Gasteiger partial charge in [0, 0.05) is 5.56 Å². The highest BCUT2D eigenvalue weighted by Crippen LogP contribution is 2.26. The van der Waals surface area contributed by atoms with Gasteiger partial charge >= 0.3 is 0 Å². The van der Waals surface area contributed by atoms with Crippen LogP contribution in [0.25, 0.3) is 11.1 Å². The van der Waals surface area contributed by atoms with Gasteiger partial charge in [-0.05, 0) is 47.9 Å². The Labute approximate surface area is 141 Å². The first-order chi connectivity index (χ1) is 11.7. The van der Waals surface area contributed by atoms with Crippen molar-refractivity contribution in [1.82, 2.24) is 0 Å². The van der Waals surface area contributed by atoms with Gasteiger partial charge in [0.05, 0.1) is 12.8 Å². The van der Waals surface area contributed by atoms with Gasteiger partial charge in [-0.2, -0.15) is 0 Å². The molecule has 3 aromatic carbocycles. The molecule has 0 spiro atoms.